The third-order valence-electron chi connectivity index (χ3n) is 7.28. The summed E-state index contributed by atoms with van der Waals surface area (Å²) in [6.45, 7) is 4.56. The minimum atomic E-state index is -0.569. The van der Waals surface area contributed by atoms with E-state index in [1.807, 2.05) is 19.9 Å². The van der Waals surface area contributed by atoms with Crippen molar-refractivity contribution in [3.8, 4) is 11.8 Å². The monoisotopic (exact) mass is 535 g/mol. The number of carbonyl (C=O) groups excluding carboxylic acids is 1. The number of likely N-dealkylation sites (tertiary alicyclic amines) is 1. The molecule has 6 nitrogen and oxygen atoms in total. The normalized spacial score (nSPS) is 15.9. The Balaban J connectivity index is 1.74. The molecule has 8 heteroatoms. The van der Waals surface area contributed by atoms with Gasteiger partial charge in [-0.3, -0.25) is 9.59 Å². The summed E-state index contributed by atoms with van der Waals surface area (Å²) in [6.07, 6.45) is 3.35. The highest BCUT2D eigenvalue weighted by atomic mass is 35.5. The van der Waals surface area contributed by atoms with E-state index in [-0.39, 0.29) is 23.8 Å². The van der Waals surface area contributed by atoms with Crippen LogP contribution in [0.1, 0.15) is 84.2 Å². The summed E-state index contributed by atoms with van der Waals surface area (Å²) in [5.74, 6) is -1.57. The average molecular weight is 536 g/mol. The smallest absolute Gasteiger partial charge is 0.268 e. The molecule has 1 aliphatic rings. The molecule has 1 aliphatic heterocycles. The number of aromatic nitrogens is 1. The second kappa shape index (κ2) is 11.8. The van der Waals surface area contributed by atoms with Gasteiger partial charge in [0.25, 0.3) is 11.5 Å². The van der Waals surface area contributed by atoms with E-state index < -0.39 is 23.3 Å². The van der Waals surface area contributed by atoms with Gasteiger partial charge in [-0.1, -0.05) is 50.1 Å². The van der Waals surface area contributed by atoms with E-state index in [1.54, 1.807) is 34.9 Å². The van der Waals surface area contributed by atoms with Crippen LogP contribution in [-0.4, -0.2) is 33.6 Å². The van der Waals surface area contributed by atoms with Gasteiger partial charge in [0.05, 0.1) is 17.7 Å². The molecular weight excluding hydrogens is 505 g/mol. The number of amides is 1. The molecule has 2 heterocycles. The lowest BCUT2D eigenvalue weighted by Gasteiger charge is -2.25. The van der Waals surface area contributed by atoms with E-state index in [4.69, 9.17) is 11.6 Å². The van der Waals surface area contributed by atoms with Gasteiger partial charge in [0.15, 0.2) is 0 Å². The molecule has 38 heavy (non-hydrogen) atoms. The molecular formula is C30H31ClFN3O3. The molecule has 198 valence electrons. The van der Waals surface area contributed by atoms with Crippen molar-refractivity contribution in [2.45, 2.75) is 57.9 Å². The lowest BCUT2D eigenvalue weighted by Crippen LogP contribution is -2.38. The quantitative estimate of drug-likeness (QED) is 0.372. The second-order valence-electron chi connectivity index (χ2n) is 9.74. The maximum atomic E-state index is 14.5. The van der Waals surface area contributed by atoms with Crippen LogP contribution in [0.25, 0.3) is 0 Å². The van der Waals surface area contributed by atoms with Crippen molar-refractivity contribution in [1.29, 1.82) is 5.26 Å². The fraction of sp³-hybridized carbons (Fsp3) is 0.367. The molecule has 2 atom stereocenters. The number of nitriles is 1. The van der Waals surface area contributed by atoms with E-state index in [9.17, 15) is 24.3 Å². The maximum absolute atomic E-state index is 14.5. The first kappa shape index (κ1) is 27.4. The number of pyridine rings is 1. The number of nitrogens with zero attached hydrogens (tertiary/aromatic N) is 3. The Morgan fingerprint density at radius 2 is 2.03 bits per heavy atom. The zero-order valence-corrected chi connectivity index (χ0v) is 22.3. The lowest BCUT2D eigenvalue weighted by molar-refractivity contribution is 0.0784. The van der Waals surface area contributed by atoms with Crippen molar-refractivity contribution in [2.24, 2.45) is 0 Å². The van der Waals surface area contributed by atoms with E-state index in [0.29, 0.717) is 47.7 Å². The first-order valence-electron chi connectivity index (χ1n) is 13.0. The molecule has 1 saturated heterocycles. The molecule has 0 aliphatic carbocycles. The summed E-state index contributed by atoms with van der Waals surface area (Å²) >= 11 is 5.89. The van der Waals surface area contributed by atoms with E-state index in [2.05, 4.69) is 6.07 Å². The molecule has 0 radical (unpaired) electrons. The summed E-state index contributed by atoms with van der Waals surface area (Å²) in [5.41, 5.74) is 1.55. The molecule has 0 spiro atoms. The summed E-state index contributed by atoms with van der Waals surface area (Å²) in [5, 5.41) is 20.6. The third-order valence-corrected chi connectivity index (χ3v) is 7.51. The molecule has 2 unspecified atom stereocenters. The molecule has 1 aromatic heterocycles. The van der Waals surface area contributed by atoms with Gasteiger partial charge in [0, 0.05) is 35.8 Å². The van der Waals surface area contributed by atoms with Crippen LogP contribution in [0, 0.1) is 17.1 Å². The molecule has 3 aromatic rings. The van der Waals surface area contributed by atoms with Crippen LogP contribution in [0.4, 0.5) is 4.39 Å². The number of carbonyl (C=O) groups is 1. The molecule has 4 rings (SSSR count). The van der Waals surface area contributed by atoms with Crippen molar-refractivity contribution in [2.75, 3.05) is 13.1 Å². The van der Waals surface area contributed by atoms with E-state index >= 15 is 0 Å². The van der Waals surface area contributed by atoms with Gasteiger partial charge in [-0.25, -0.2) is 4.39 Å². The Kier molecular flexibility index (Phi) is 8.53. The van der Waals surface area contributed by atoms with Crippen molar-refractivity contribution in [1.82, 2.24) is 9.47 Å². The van der Waals surface area contributed by atoms with Gasteiger partial charge in [0.2, 0.25) is 0 Å². The largest absolute Gasteiger partial charge is 0.507 e. The minimum absolute atomic E-state index is 0.231. The minimum Gasteiger partial charge on any atom is -0.507 e. The molecule has 1 N–H and O–H groups in total. The Labute approximate surface area is 226 Å². The fourth-order valence-corrected chi connectivity index (χ4v) is 5.48. The highest BCUT2D eigenvalue weighted by Gasteiger charge is 2.33. The number of rotatable bonds is 8. The van der Waals surface area contributed by atoms with Crippen LogP contribution < -0.4 is 5.56 Å². The van der Waals surface area contributed by atoms with Crippen LogP contribution >= 0.6 is 11.6 Å². The Bertz CT molecular complexity index is 1450. The van der Waals surface area contributed by atoms with Gasteiger partial charge < -0.3 is 14.6 Å². The third kappa shape index (κ3) is 5.46. The Morgan fingerprint density at radius 3 is 2.71 bits per heavy atom. The van der Waals surface area contributed by atoms with Crippen LogP contribution in [-0.2, 0) is 6.42 Å². The van der Waals surface area contributed by atoms with Gasteiger partial charge in [-0.05, 0) is 61.1 Å². The number of aromatic hydroxyl groups is 1. The van der Waals surface area contributed by atoms with Gasteiger partial charge >= 0.3 is 0 Å². The van der Waals surface area contributed by atoms with Crippen molar-refractivity contribution >= 4 is 17.5 Å². The molecule has 1 fully saturated rings. The number of halogens is 2. The number of aryl methyl sites for hydroxylation is 1. The molecule has 1 amide bonds. The van der Waals surface area contributed by atoms with E-state index in [1.165, 1.54) is 17.0 Å². The Morgan fingerprint density at radius 1 is 1.24 bits per heavy atom. The predicted molar refractivity (Wildman–Crippen MR) is 145 cm³/mol. The highest BCUT2D eigenvalue weighted by Crippen LogP contribution is 2.32. The number of unbranched alkanes of at least 4 members (excludes halogenated alkanes) is 1. The number of benzene rings is 2. The molecule has 0 saturated carbocycles. The predicted octanol–water partition coefficient (Wildman–Crippen LogP) is 6.19. The first-order chi connectivity index (χ1) is 18.3. The Hall–Kier alpha value is -3.63. The zero-order valence-electron chi connectivity index (χ0n) is 21.6. The summed E-state index contributed by atoms with van der Waals surface area (Å²) in [4.78, 5) is 29.1. The standard InChI is InChI=1S/C30H31ClFN3O3/c1-3-5-9-23-16-27(36)28(30(38)35(23)26(4-2)20-8-6-7-19(14-20)17-33)29(37)34-13-12-21(18-34)24-11-10-22(31)15-25(24)32/h6-8,10-11,14-16,21,26,36H,3-5,9,12-13,18H2,1-2H3. The van der Waals surface area contributed by atoms with Crippen LogP contribution in [0.2, 0.25) is 5.02 Å². The van der Waals surface area contributed by atoms with Gasteiger partial charge in [0.1, 0.15) is 17.1 Å². The topological polar surface area (TPSA) is 86.3 Å². The SMILES string of the molecule is CCCCc1cc(O)c(C(=O)N2CCC(c3ccc(Cl)cc3F)C2)c(=O)n1C(CC)c1cccc(C#N)c1. The lowest BCUT2D eigenvalue weighted by atomic mass is 9.98. The summed E-state index contributed by atoms with van der Waals surface area (Å²) in [7, 11) is 0. The molecule has 2 aromatic carbocycles. The van der Waals surface area contributed by atoms with Crippen LogP contribution in [0.3, 0.4) is 0 Å². The van der Waals surface area contributed by atoms with Crippen molar-refractivity contribution < 1.29 is 14.3 Å². The van der Waals surface area contributed by atoms with Gasteiger partial charge in [-0.15, -0.1) is 0 Å². The zero-order chi connectivity index (χ0) is 27.4. The second-order valence-corrected chi connectivity index (χ2v) is 10.2. The maximum Gasteiger partial charge on any atom is 0.268 e. The number of hydrogen-bond donors (Lipinski definition) is 1. The van der Waals surface area contributed by atoms with Crippen LogP contribution in [0.15, 0.2) is 53.3 Å². The first-order valence-corrected chi connectivity index (χ1v) is 13.4. The van der Waals surface area contributed by atoms with Crippen molar-refractivity contribution in [3.05, 3.63) is 97.7 Å². The molecule has 0 bridgehead atoms. The summed E-state index contributed by atoms with van der Waals surface area (Å²) < 4.78 is 16.1. The van der Waals surface area contributed by atoms with Crippen LogP contribution in [0.5, 0.6) is 5.75 Å². The fourth-order valence-electron chi connectivity index (χ4n) is 5.33. The van der Waals surface area contributed by atoms with Crippen molar-refractivity contribution in [3.63, 3.8) is 0 Å². The van der Waals surface area contributed by atoms with Gasteiger partial charge in [-0.2, -0.15) is 5.26 Å². The summed E-state index contributed by atoms with van der Waals surface area (Å²) in [6, 6.07) is 14.9. The number of hydrogen-bond acceptors (Lipinski definition) is 4. The highest BCUT2D eigenvalue weighted by molar-refractivity contribution is 6.30. The van der Waals surface area contributed by atoms with E-state index in [0.717, 1.165) is 18.4 Å². The average Bonchev–Trinajstić information content (AvgIpc) is 3.39.